The van der Waals surface area contributed by atoms with E-state index in [4.69, 9.17) is 10.00 Å². The van der Waals surface area contributed by atoms with Gasteiger partial charge in [-0.1, -0.05) is 12.1 Å². The molecule has 7 nitrogen and oxygen atoms in total. The highest BCUT2D eigenvalue weighted by atomic mass is 16.5. The highest BCUT2D eigenvalue weighted by Crippen LogP contribution is 2.15. The van der Waals surface area contributed by atoms with Crippen LogP contribution in [0.15, 0.2) is 24.3 Å². The summed E-state index contributed by atoms with van der Waals surface area (Å²) in [6, 6.07) is 8.50. The molecule has 22 heavy (non-hydrogen) atoms. The summed E-state index contributed by atoms with van der Waals surface area (Å²) in [6.07, 6.45) is -0.246. The van der Waals surface area contributed by atoms with E-state index in [2.05, 4.69) is 15.5 Å². The normalized spacial score (nSPS) is 14.9. The Kier molecular flexibility index (Phi) is 5.89. The van der Waals surface area contributed by atoms with Gasteiger partial charge in [0.1, 0.15) is 6.42 Å². The second kappa shape index (κ2) is 8.12. The second-order valence-corrected chi connectivity index (χ2v) is 4.82. The van der Waals surface area contributed by atoms with Crippen molar-refractivity contribution in [1.82, 2.24) is 10.2 Å². The summed E-state index contributed by atoms with van der Waals surface area (Å²) in [5, 5.41) is 13.9. The number of nitrogens with one attached hydrogen (secondary N) is 2. The van der Waals surface area contributed by atoms with Gasteiger partial charge in [0.15, 0.2) is 0 Å². The van der Waals surface area contributed by atoms with E-state index in [1.807, 2.05) is 0 Å². The zero-order valence-corrected chi connectivity index (χ0v) is 12.2. The summed E-state index contributed by atoms with van der Waals surface area (Å²) in [5.41, 5.74) is 0.782. The van der Waals surface area contributed by atoms with Crippen LogP contribution in [0.2, 0.25) is 0 Å². The fourth-order valence-corrected chi connectivity index (χ4v) is 2.09. The van der Waals surface area contributed by atoms with Crippen LogP contribution in [0.5, 0.6) is 0 Å². The minimum absolute atomic E-state index is 0.246. The number of rotatable bonds is 5. The first-order valence-corrected chi connectivity index (χ1v) is 7.05. The Labute approximate surface area is 128 Å². The maximum absolute atomic E-state index is 12.3. The van der Waals surface area contributed by atoms with Crippen LogP contribution in [0.3, 0.4) is 0 Å². The molecule has 2 rings (SSSR count). The van der Waals surface area contributed by atoms with Crippen molar-refractivity contribution < 1.29 is 14.3 Å². The van der Waals surface area contributed by atoms with E-state index >= 15 is 0 Å². The lowest BCUT2D eigenvalue weighted by molar-refractivity contribution is -0.115. The van der Waals surface area contributed by atoms with E-state index in [0.717, 1.165) is 13.1 Å². The Morgan fingerprint density at radius 1 is 1.27 bits per heavy atom. The molecule has 1 aliphatic heterocycles. The highest BCUT2D eigenvalue weighted by molar-refractivity contribution is 6.03. The maximum Gasteiger partial charge on any atom is 0.254 e. The van der Waals surface area contributed by atoms with Gasteiger partial charge in [0, 0.05) is 13.1 Å². The van der Waals surface area contributed by atoms with Gasteiger partial charge in [0.05, 0.1) is 37.2 Å². The number of hydrogen-bond acceptors (Lipinski definition) is 5. The first-order chi connectivity index (χ1) is 10.7. The number of nitrogens with zero attached hydrogens (tertiary/aromatic N) is 2. The lowest BCUT2D eigenvalue weighted by atomic mass is 10.1. The molecule has 7 heteroatoms. The smallest absolute Gasteiger partial charge is 0.254 e. The Balaban J connectivity index is 1.96. The lowest BCUT2D eigenvalue weighted by Crippen LogP contribution is -2.43. The monoisotopic (exact) mass is 302 g/mol. The van der Waals surface area contributed by atoms with Crippen molar-refractivity contribution in [3.63, 3.8) is 0 Å². The molecule has 0 atom stereocenters. The predicted octanol–water partition coefficient (Wildman–Crippen LogP) is 0.558. The molecule has 1 aromatic rings. The largest absolute Gasteiger partial charge is 0.379 e. The molecule has 0 aliphatic carbocycles. The molecular weight excluding hydrogens is 284 g/mol. The summed E-state index contributed by atoms with van der Waals surface area (Å²) < 4.78 is 5.25. The zero-order valence-electron chi connectivity index (χ0n) is 12.2. The quantitative estimate of drug-likeness (QED) is 0.828. The van der Waals surface area contributed by atoms with Crippen LogP contribution in [-0.2, 0) is 9.53 Å². The van der Waals surface area contributed by atoms with Crippen molar-refractivity contribution in [2.24, 2.45) is 0 Å². The number of ether oxygens (including phenoxy) is 1. The summed E-state index contributed by atoms with van der Waals surface area (Å²) >= 11 is 0. The molecule has 1 fully saturated rings. The number of hydrogen-bond donors (Lipinski definition) is 2. The van der Waals surface area contributed by atoms with Gasteiger partial charge in [0.2, 0.25) is 5.91 Å². The number of anilines is 1. The maximum atomic E-state index is 12.3. The van der Waals surface area contributed by atoms with Crippen molar-refractivity contribution >= 4 is 17.5 Å². The Bertz CT molecular complexity index is 576. The van der Waals surface area contributed by atoms with Crippen LogP contribution in [-0.4, -0.2) is 49.7 Å². The molecule has 1 saturated heterocycles. The molecule has 1 aromatic carbocycles. The summed E-state index contributed by atoms with van der Waals surface area (Å²) in [6.45, 7) is 3.32. The molecule has 0 unspecified atom stereocenters. The van der Waals surface area contributed by atoms with Gasteiger partial charge < -0.3 is 15.4 Å². The third-order valence-electron chi connectivity index (χ3n) is 3.25. The summed E-state index contributed by atoms with van der Waals surface area (Å²) in [5.74, 6) is -0.699. The molecule has 0 bridgehead atoms. The lowest BCUT2D eigenvalue weighted by Gasteiger charge is -2.26. The van der Waals surface area contributed by atoms with Gasteiger partial charge in [-0.2, -0.15) is 5.26 Å². The van der Waals surface area contributed by atoms with Gasteiger partial charge >= 0.3 is 0 Å². The van der Waals surface area contributed by atoms with Crippen molar-refractivity contribution in [3.05, 3.63) is 29.8 Å². The number of carbonyl (C=O) groups is 2. The SMILES string of the molecule is N#CCC(=O)Nc1ccccc1C(=O)NCN1CCOCC1. The van der Waals surface area contributed by atoms with Gasteiger partial charge in [-0.3, -0.25) is 14.5 Å². The Morgan fingerprint density at radius 2 is 2.00 bits per heavy atom. The van der Waals surface area contributed by atoms with Crippen LogP contribution in [0.1, 0.15) is 16.8 Å². The number of nitriles is 1. The Morgan fingerprint density at radius 3 is 2.73 bits per heavy atom. The number of amides is 2. The van der Waals surface area contributed by atoms with Crippen LogP contribution in [0, 0.1) is 11.3 Å². The first kappa shape index (κ1) is 15.9. The average molecular weight is 302 g/mol. The van der Waals surface area contributed by atoms with E-state index in [0.29, 0.717) is 31.1 Å². The van der Waals surface area contributed by atoms with Crippen molar-refractivity contribution in [3.8, 4) is 6.07 Å². The summed E-state index contributed by atoms with van der Waals surface area (Å²) in [7, 11) is 0. The minimum Gasteiger partial charge on any atom is -0.379 e. The molecule has 1 heterocycles. The van der Waals surface area contributed by atoms with E-state index in [9.17, 15) is 9.59 Å². The number of para-hydroxylation sites is 1. The second-order valence-electron chi connectivity index (χ2n) is 4.82. The molecule has 0 aromatic heterocycles. The van der Waals surface area contributed by atoms with Crippen LogP contribution < -0.4 is 10.6 Å². The summed E-state index contributed by atoms with van der Waals surface area (Å²) in [4.78, 5) is 25.8. The minimum atomic E-state index is -0.434. The fraction of sp³-hybridized carbons (Fsp3) is 0.400. The average Bonchev–Trinajstić information content (AvgIpc) is 2.54. The van der Waals surface area contributed by atoms with E-state index in [-0.39, 0.29) is 12.3 Å². The van der Waals surface area contributed by atoms with Gasteiger partial charge in [-0.15, -0.1) is 0 Å². The third kappa shape index (κ3) is 4.55. The van der Waals surface area contributed by atoms with Gasteiger partial charge in [-0.05, 0) is 12.1 Å². The van der Waals surface area contributed by atoms with Gasteiger partial charge in [-0.25, -0.2) is 0 Å². The first-order valence-electron chi connectivity index (χ1n) is 7.05. The Hall–Kier alpha value is -2.43. The highest BCUT2D eigenvalue weighted by Gasteiger charge is 2.15. The van der Waals surface area contributed by atoms with Crippen LogP contribution >= 0.6 is 0 Å². The number of carbonyl (C=O) groups excluding carboxylic acids is 2. The van der Waals surface area contributed by atoms with E-state index in [1.165, 1.54) is 0 Å². The van der Waals surface area contributed by atoms with Crippen molar-refractivity contribution in [2.45, 2.75) is 6.42 Å². The molecule has 0 spiro atoms. The number of morpholine rings is 1. The predicted molar refractivity (Wildman–Crippen MR) is 80.0 cm³/mol. The molecule has 1 aliphatic rings. The van der Waals surface area contributed by atoms with Crippen LogP contribution in [0.25, 0.3) is 0 Å². The molecule has 2 N–H and O–H groups in total. The third-order valence-corrected chi connectivity index (χ3v) is 3.25. The van der Waals surface area contributed by atoms with Crippen molar-refractivity contribution in [1.29, 1.82) is 5.26 Å². The zero-order chi connectivity index (χ0) is 15.8. The fourth-order valence-electron chi connectivity index (χ4n) is 2.09. The molecule has 116 valence electrons. The molecule has 0 radical (unpaired) electrons. The van der Waals surface area contributed by atoms with Crippen molar-refractivity contribution in [2.75, 3.05) is 38.3 Å². The number of benzene rings is 1. The van der Waals surface area contributed by atoms with E-state index < -0.39 is 5.91 Å². The topological polar surface area (TPSA) is 94.5 Å². The standard InChI is InChI=1S/C15H18N4O3/c16-6-5-14(20)18-13-4-2-1-3-12(13)15(21)17-11-19-7-9-22-10-8-19/h1-4H,5,7-11H2,(H,17,21)(H,18,20). The van der Waals surface area contributed by atoms with Gasteiger partial charge in [0.25, 0.3) is 5.91 Å². The van der Waals surface area contributed by atoms with Crippen LogP contribution in [0.4, 0.5) is 5.69 Å². The van der Waals surface area contributed by atoms with E-state index in [1.54, 1.807) is 30.3 Å². The molecular formula is C15H18N4O3. The molecule has 0 saturated carbocycles. The molecule has 2 amide bonds.